The van der Waals surface area contributed by atoms with Gasteiger partial charge in [0.2, 0.25) is 11.1 Å². The molecule has 0 bridgehead atoms. The predicted octanol–water partition coefficient (Wildman–Crippen LogP) is 1.64. The third-order valence-electron chi connectivity index (χ3n) is 2.32. The highest BCUT2D eigenvalue weighted by Crippen LogP contribution is 2.28. The number of aromatic nitrogens is 2. The monoisotopic (exact) mass is 228 g/mol. The van der Waals surface area contributed by atoms with Crippen molar-refractivity contribution in [2.45, 2.75) is 12.8 Å². The molecule has 1 aliphatic heterocycles. The lowest BCUT2D eigenvalue weighted by Crippen LogP contribution is -2.20. The van der Waals surface area contributed by atoms with Gasteiger partial charge >= 0.3 is 5.69 Å². The Morgan fingerprint density at radius 1 is 1.47 bits per heavy atom. The lowest BCUT2D eigenvalue weighted by molar-refractivity contribution is -0.384. The second kappa shape index (κ2) is 3.98. The first-order chi connectivity index (χ1) is 7.18. The van der Waals surface area contributed by atoms with Crippen LogP contribution in [0.3, 0.4) is 0 Å². The van der Waals surface area contributed by atoms with E-state index >= 15 is 0 Å². The Labute approximate surface area is 91.0 Å². The standard InChI is InChI=1S/C8H9ClN4O2/c9-8-10-5-6(13(14)15)7(11-8)12-3-1-2-4-12/h5H,1-4H2. The van der Waals surface area contributed by atoms with Gasteiger partial charge in [-0.2, -0.15) is 4.98 Å². The van der Waals surface area contributed by atoms with E-state index in [9.17, 15) is 10.1 Å². The summed E-state index contributed by atoms with van der Waals surface area (Å²) in [6, 6.07) is 0. The molecule has 1 aromatic heterocycles. The smallest absolute Gasteiger partial charge is 0.329 e. The van der Waals surface area contributed by atoms with E-state index in [1.807, 2.05) is 4.90 Å². The molecule has 0 amide bonds. The Kier molecular flexibility index (Phi) is 2.68. The molecule has 1 saturated heterocycles. The van der Waals surface area contributed by atoms with Gasteiger partial charge in [-0.3, -0.25) is 10.1 Å². The van der Waals surface area contributed by atoms with Gasteiger partial charge in [0.05, 0.1) is 4.92 Å². The van der Waals surface area contributed by atoms with Crippen molar-refractivity contribution in [2.24, 2.45) is 0 Å². The fraction of sp³-hybridized carbons (Fsp3) is 0.500. The maximum atomic E-state index is 10.7. The van der Waals surface area contributed by atoms with E-state index in [4.69, 9.17) is 11.6 Å². The molecular formula is C8H9ClN4O2. The third-order valence-corrected chi connectivity index (χ3v) is 2.51. The molecule has 80 valence electrons. The molecule has 15 heavy (non-hydrogen) atoms. The predicted molar refractivity (Wildman–Crippen MR) is 55.1 cm³/mol. The highest BCUT2D eigenvalue weighted by atomic mass is 35.5. The van der Waals surface area contributed by atoms with Crippen molar-refractivity contribution in [3.63, 3.8) is 0 Å². The Bertz CT molecular complexity index is 392. The van der Waals surface area contributed by atoms with Crippen molar-refractivity contribution in [1.82, 2.24) is 9.97 Å². The second-order valence-electron chi connectivity index (χ2n) is 3.30. The minimum absolute atomic E-state index is 0.0440. The van der Waals surface area contributed by atoms with Gasteiger partial charge in [-0.05, 0) is 24.4 Å². The normalized spacial score (nSPS) is 15.7. The third kappa shape index (κ3) is 1.99. The first kappa shape index (κ1) is 10.1. The highest BCUT2D eigenvalue weighted by molar-refractivity contribution is 6.28. The van der Waals surface area contributed by atoms with Gasteiger partial charge in [-0.15, -0.1) is 0 Å². The molecule has 7 heteroatoms. The van der Waals surface area contributed by atoms with Crippen LogP contribution >= 0.6 is 11.6 Å². The fourth-order valence-electron chi connectivity index (χ4n) is 1.64. The summed E-state index contributed by atoms with van der Waals surface area (Å²) in [5.74, 6) is 0.331. The van der Waals surface area contributed by atoms with Gasteiger partial charge in [-0.25, -0.2) is 4.98 Å². The maximum absolute atomic E-state index is 10.7. The van der Waals surface area contributed by atoms with Crippen LogP contribution in [-0.2, 0) is 0 Å². The molecule has 0 spiro atoms. The summed E-state index contributed by atoms with van der Waals surface area (Å²) in [7, 11) is 0. The van der Waals surface area contributed by atoms with Crippen molar-refractivity contribution >= 4 is 23.1 Å². The fourth-order valence-corrected chi connectivity index (χ4v) is 1.76. The van der Waals surface area contributed by atoms with Gasteiger partial charge in [0.15, 0.2) is 0 Å². The van der Waals surface area contributed by atoms with Gasteiger partial charge in [0.25, 0.3) is 0 Å². The first-order valence-electron chi connectivity index (χ1n) is 4.60. The lowest BCUT2D eigenvalue weighted by atomic mass is 10.4. The zero-order valence-electron chi connectivity index (χ0n) is 7.89. The molecule has 0 aliphatic carbocycles. The van der Waals surface area contributed by atoms with Crippen LogP contribution in [0.15, 0.2) is 6.20 Å². The molecule has 6 nitrogen and oxygen atoms in total. The minimum Gasteiger partial charge on any atom is -0.351 e. The molecule has 2 rings (SSSR count). The van der Waals surface area contributed by atoms with E-state index in [1.165, 1.54) is 0 Å². The van der Waals surface area contributed by atoms with Crippen molar-refractivity contribution < 1.29 is 4.92 Å². The number of hydrogen-bond donors (Lipinski definition) is 0. The first-order valence-corrected chi connectivity index (χ1v) is 4.98. The van der Waals surface area contributed by atoms with Crippen LogP contribution < -0.4 is 4.90 Å². The number of hydrogen-bond acceptors (Lipinski definition) is 5. The van der Waals surface area contributed by atoms with E-state index in [0.29, 0.717) is 5.82 Å². The van der Waals surface area contributed by atoms with E-state index < -0.39 is 4.92 Å². The molecule has 0 saturated carbocycles. The molecule has 0 unspecified atom stereocenters. The summed E-state index contributed by atoms with van der Waals surface area (Å²) in [5.41, 5.74) is -0.0821. The van der Waals surface area contributed by atoms with E-state index in [2.05, 4.69) is 9.97 Å². The maximum Gasteiger partial charge on any atom is 0.329 e. The second-order valence-corrected chi connectivity index (χ2v) is 3.64. The van der Waals surface area contributed by atoms with Crippen LogP contribution in [0, 0.1) is 10.1 Å². The van der Waals surface area contributed by atoms with Crippen LogP contribution in [0.25, 0.3) is 0 Å². The Hall–Kier alpha value is -1.43. The molecular weight excluding hydrogens is 220 g/mol. The number of nitrogens with zero attached hydrogens (tertiary/aromatic N) is 4. The van der Waals surface area contributed by atoms with Crippen LogP contribution in [0.4, 0.5) is 11.5 Å². The summed E-state index contributed by atoms with van der Waals surface area (Å²) in [4.78, 5) is 19.7. The largest absolute Gasteiger partial charge is 0.351 e. The van der Waals surface area contributed by atoms with Crippen LogP contribution in [-0.4, -0.2) is 28.0 Å². The Morgan fingerprint density at radius 3 is 2.73 bits per heavy atom. The topological polar surface area (TPSA) is 72.2 Å². The average Bonchev–Trinajstić information content (AvgIpc) is 2.69. The van der Waals surface area contributed by atoms with Crippen LogP contribution in [0.2, 0.25) is 5.28 Å². The SMILES string of the molecule is O=[N+]([O-])c1cnc(Cl)nc1N1CCCC1. The summed E-state index contributed by atoms with van der Waals surface area (Å²) in [5, 5.41) is 10.8. The van der Waals surface area contributed by atoms with E-state index in [-0.39, 0.29) is 11.0 Å². The van der Waals surface area contributed by atoms with Crippen molar-refractivity contribution in [3.8, 4) is 0 Å². The van der Waals surface area contributed by atoms with Crippen molar-refractivity contribution in [1.29, 1.82) is 0 Å². The molecule has 1 aromatic rings. The van der Waals surface area contributed by atoms with E-state index in [0.717, 1.165) is 32.1 Å². The molecule has 0 atom stereocenters. The van der Waals surface area contributed by atoms with Gasteiger partial charge in [-0.1, -0.05) is 0 Å². The van der Waals surface area contributed by atoms with Crippen LogP contribution in [0.1, 0.15) is 12.8 Å². The zero-order valence-corrected chi connectivity index (χ0v) is 8.65. The highest BCUT2D eigenvalue weighted by Gasteiger charge is 2.24. The van der Waals surface area contributed by atoms with Gasteiger partial charge in [0, 0.05) is 13.1 Å². The molecule has 1 fully saturated rings. The Morgan fingerprint density at radius 2 is 2.13 bits per heavy atom. The van der Waals surface area contributed by atoms with Crippen molar-refractivity contribution in [3.05, 3.63) is 21.6 Å². The molecule has 0 radical (unpaired) electrons. The molecule has 0 N–H and O–H groups in total. The van der Waals surface area contributed by atoms with Crippen molar-refractivity contribution in [2.75, 3.05) is 18.0 Å². The number of nitro groups is 1. The Balaban J connectivity index is 2.41. The zero-order chi connectivity index (χ0) is 10.8. The summed E-state index contributed by atoms with van der Waals surface area (Å²) >= 11 is 5.63. The van der Waals surface area contributed by atoms with Crippen LogP contribution in [0.5, 0.6) is 0 Å². The summed E-state index contributed by atoms with van der Waals surface area (Å²) < 4.78 is 0. The molecule has 0 aromatic carbocycles. The average molecular weight is 229 g/mol. The molecule has 1 aliphatic rings. The van der Waals surface area contributed by atoms with E-state index in [1.54, 1.807) is 0 Å². The number of rotatable bonds is 2. The molecule has 2 heterocycles. The van der Waals surface area contributed by atoms with Gasteiger partial charge < -0.3 is 4.90 Å². The minimum atomic E-state index is -0.482. The number of halogens is 1. The summed E-state index contributed by atoms with van der Waals surface area (Å²) in [6.07, 6.45) is 3.21. The summed E-state index contributed by atoms with van der Waals surface area (Å²) in [6.45, 7) is 1.57. The quantitative estimate of drug-likeness (QED) is 0.437. The lowest BCUT2D eigenvalue weighted by Gasteiger charge is -2.15. The van der Waals surface area contributed by atoms with Gasteiger partial charge in [0.1, 0.15) is 6.20 Å². The number of anilines is 1.